The molecular weight excluding hydrogens is 346 g/mol. The fraction of sp³-hybridized carbons (Fsp3) is 0.286. The molecule has 3 rings (SSSR count). The summed E-state index contributed by atoms with van der Waals surface area (Å²) in [6.45, 7) is 3.58. The number of ether oxygens (including phenoxy) is 1. The molecule has 5 heteroatoms. The van der Waals surface area contributed by atoms with E-state index in [2.05, 4.69) is 4.98 Å². The van der Waals surface area contributed by atoms with E-state index < -0.39 is 6.10 Å². The molecule has 0 spiro atoms. The fourth-order valence-corrected chi connectivity index (χ4v) is 3.68. The Balaban J connectivity index is 1.47. The van der Waals surface area contributed by atoms with Crippen LogP contribution in [0, 0.1) is 6.92 Å². The fourth-order valence-electron chi connectivity index (χ4n) is 2.67. The van der Waals surface area contributed by atoms with Crippen molar-refractivity contribution in [3.05, 3.63) is 64.7 Å². The first-order valence-corrected chi connectivity index (χ1v) is 9.49. The number of hydrogen-bond acceptors (Lipinski definition) is 5. The summed E-state index contributed by atoms with van der Waals surface area (Å²) in [4.78, 5) is 28.9. The number of ketones is 1. The highest BCUT2D eigenvalue weighted by atomic mass is 32.1. The zero-order valence-corrected chi connectivity index (χ0v) is 15.7. The van der Waals surface area contributed by atoms with Crippen LogP contribution in [-0.2, 0) is 16.0 Å². The number of carbonyl (C=O) groups excluding carboxylic acids is 2. The van der Waals surface area contributed by atoms with Gasteiger partial charge in [-0.1, -0.05) is 42.0 Å². The van der Waals surface area contributed by atoms with Crippen molar-refractivity contribution in [3.8, 4) is 0 Å². The minimum absolute atomic E-state index is 0.176. The van der Waals surface area contributed by atoms with Crippen LogP contribution >= 0.6 is 11.3 Å². The van der Waals surface area contributed by atoms with Crippen molar-refractivity contribution < 1.29 is 14.3 Å². The van der Waals surface area contributed by atoms with Gasteiger partial charge in [0.2, 0.25) is 5.78 Å². The van der Waals surface area contributed by atoms with Crippen LogP contribution < -0.4 is 0 Å². The highest BCUT2D eigenvalue weighted by Crippen LogP contribution is 2.22. The molecule has 1 heterocycles. The van der Waals surface area contributed by atoms with Gasteiger partial charge in [-0.25, -0.2) is 4.98 Å². The van der Waals surface area contributed by atoms with Crippen LogP contribution in [-0.4, -0.2) is 22.8 Å². The molecule has 1 atom stereocenters. The van der Waals surface area contributed by atoms with E-state index in [0.717, 1.165) is 27.2 Å². The minimum Gasteiger partial charge on any atom is -0.454 e. The third-order valence-corrected chi connectivity index (χ3v) is 5.22. The summed E-state index contributed by atoms with van der Waals surface area (Å²) in [5.41, 5.74) is 2.64. The summed E-state index contributed by atoms with van der Waals surface area (Å²) >= 11 is 1.65. The maximum absolute atomic E-state index is 12.3. The average molecular weight is 367 g/mol. The van der Waals surface area contributed by atoms with E-state index in [-0.39, 0.29) is 18.2 Å². The molecule has 0 N–H and O–H groups in total. The number of fused-ring (bicyclic) bond motifs is 1. The zero-order chi connectivity index (χ0) is 18.5. The Kier molecular flexibility index (Phi) is 5.78. The maximum Gasteiger partial charge on any atom is 0.306 e. The zero-order valence-electron chi connectivity index (χ0n) is 14.9. The number of hydrogen-bond donors (Lipinski definition) is 0. The van der Waals surface area contributed by atoms with Gasteiger partial charge in [0.05, 0.1) is 15.2 Å². The van der Waals surface area contributed by atoms with Crippen molar-refractivity contribution in [1.82, 2.24) is 4.98 Å². The molecule has 0 saturated heterocycles. The Morgan fingerprint density at radius 2 is 1.85 bits per heavy atom. The van der Waals surface area contributed by atoms with Crippen molar-refractivity contribution in [2.24, 2.45) is 0 Å². The average Bonchev–Trinajstić information content (AvgIpc) is 3.04. The van der Waals surface area contributed by atoms with Crippen molar-refractivity contribution in [2.45, 2.75) is 39.2 Å². The second-order valence-corrected chi connectivity index (χ2v) is 7.41. The molecule has 0 aliphatic rings. The topological polar surface area (TPSA) is 56.3 Å². The van der Waals surface area contributed by atoms with Crippen LogP contribution in [0.25, 0.3) is 10.2 Å². The third kappa shape index (κ3) is 4.55. The van der Waals surface area contributed by atoms with Crippen molar-refractivity contribution in [2.75, 3.05) is 0 Å². The number of esters is 1. The van der Waals surface area contributed by atoms with E-state index in [9.17, 15) is 9.59 Å². The second kappa shape index (κ2) is 8.23. The van der Waals surface area contributed by atoms with Gasteiger partial charge < -0.3 is 4.74 Å². The minimum atomic E-state index is -0.771. The standard InChI is InChI=1S/C21H21NO3S/c1-14-10-12-16(13-11-14)21(24)15(2)25-20(23)9-5-8-19-22-17-6-3-4-7-18(17)26-19/h3-4,6-7,10-13,15H,5,8-9H2,1-2H3. The number of benzene rings is 2. The summed E-state index contributed by atoms with van der Waals surface area (Å²) in [7, 11) is 0. The largest absolute Gasteiger partial charge is 0.454 e. The number of nitrogens with zero attached hydrogens (tertiary/aromatic N) is 1. The van der Waals surface area contributed by atoms with E-state index in [4.69, 9.17) is 4.74 Å². The molecular formula is C21H21NO3S. The Morgan fingerprint density at radius 1 is 1.12 bits per heavy atom. The van der Waals surface area contributed by atoms with Crippen LogP contribution in [0.4, 0.5) is 0 Å². The van der Waals surface area contributed by atoms with Crippen molar-refractivity contribution >= 4 is 33.3 Å². The Bertz CT molecular complexity index is 881. The van der Waals surface area contributed by atoms with Gasteiger partial charge in [-0.15, -0.1) is 11.3 Å². The molecule has 0 aliphatic heterocycles. The lowest BCUT2D eigenvalue weighted by atomic mass is 10.1. The Hall–Kier alpha value is -2.53. The molecule has 0 amide bonds. The van der Waals surface area contributed by atoms with E-state index in [1.165, 1.54) is 0 Å². The first kappa shape index (κ1) is 18.3. The molecule has 26 heavy (non-hydrogen) atoms. The SMILES string of the molecule is Cc1ccc(C(=O)C(C)OC(=O)CCCc2nc3ccccc3s2)cc1. The summed E-state index contributed by atoms with van der Waals surface area (Å²) in [6.07, 6.45) is 0.896. The molecule has 0 bridgehead atoms. The summed E-state index contributed by atoms with van der Waals surface area (Å²) < 4.78 is 6.44. The van der Waals surface area contributed by atoms with Gasteiger partial charge in [0.15, 0.2) is 6.10 Å². The number of rotatable bonds is 7. The number of thiazole rings is 1. The monoisotopic (exact) mass is 367 g/mol. The van der Waals surface area contributed by atoms with Crippen LogP contribution in [0.2, 0.25) is 0 Å². The lowest BCUT2D eigenvalue weighted by molar-refractivity contribution is -0.146. The van der Waals surface area contributed by atoms with Gasteiger partial charge >= 0.3 is 5.97 Å². The predicted octanol–water partition coefficient (Wildman–Crippen LogP) is 4.74. The molecule has 0 saturated carbocycles. The van der Waals surface area contributed by atoms with Gasteiger partial charge in [-0.3, -0.25) is 9.59 Å². The van der Waals surface area contributed by atoms with E-state index in [1.54, 1.807) is 30.4 Å². The Morgan fingerprint density at radius 3 is 2.58 bits per heavy atom. The van der Waals surface area contributed by atoms with E-state index >= 15 is 0 Å². The van der Waals surface area contributed by atoms with Crippen molar-refractivity contribution in [1.29, 1.82) is 0 Å². The summed E-state index contributed by atoms with van der Waals surface area (Å²) in [6, 6.07) is 15.3. The van der Waals surface area contributed by atoms with E-state index in [1.807, 2.05) is 43.3 Å². The van der Waals surface area contributed by atoms with Gasteiger partial charge in [0, 0.05) is 12.0 Å². The Labute approximate surface area is 156 Å². The summed E-state index contributed by atoms with van der Waals surface area (Å²) in [5.74, 6) is -0.524. The second-order valence-electron chi connectivity index (χ2n) is 6.29. The molecule has 134 valence electrons. The molecule has 0 fully saturated rings. The van der Waals surface area contributed by atoms with Gasteiger partial charge in [0.25, 0.3) is 0 Å². The molecule has 1 unspecified atom stereocenters. The number of Topliss-reactive ketones (excluding diaryl/α,β-unsaturated/α-hetero) is 1. The first-order valence-electron chi connectivity index (χ1n) is 8.68. The number of aromatic nitrogens is 1. The third-order valence-electron chi connectivity index (χ3n) is 4.12. The maximum atomic E-state index is 12.3. The van der Waals surface area contributed by atoms with Crippen molar-refractivity contribution in [3.63, 3.8) is 0 Å². The first-order chi connectivity index (χ1) is 12.5. The van der Waals surface area contributed by atoms with Gasteiger partial charge in [0.1, 0.15) is 0 Å². The van der Waals surface area contributed by atoms with Crippen LogP contribution in [0.1, 0.15) is 40.7 Å². The van der Waals surface area contributed by atoms with Gasteiger partial charge in [-0.2, -0.15) is 0 Å². The van der Waals surface area contributed by atoms with Crippen LogP contribution in [0.3, 0.4) is 0 Å². The molecule has 0 radical (unpaired) electrons. The number of aryl methyl sites for hydroxylation is 2. The van der Waals surface area contributed by atoms with Crippen LogP contribution in [0.15, 0.2) is 48.5 Å². The summed E-state index contributed by atoms with van der Waals surface area (Å²) in [5, 5.41) is 1.02. The number of carbonyl (C=O) groups is 2. The molecule has 3 aromatic rings. The highest BCUT2D eigenvalue weighted by molar-refractivity contribution is 7.18. The normalized spacial score (nSPS) is 12.1. The quantitative estimate of drug-likeness (QED) is 0.447. The number of para-hydroxylation sites is 1. The van der Waals surface area contributed by atoms with E-state index in [0.29, 0.717) is 12.0 Å². The molecule has 4 nitrogen and oxygen atoms in total. The smallest absolute Gasteiger partial charge is 0.306 e. The van der Waals surface area contributed by atoms with Crippen LogP contribution in [0.5, 0.6) is 0 Å². The molecule has 0 aliphatic carbocycles. The molecule has 1 aromatic heterocycles. The predicted molar refractivity (Wildman–Crippen MR) is 104 cm³/mol. The lowest BCUT2D eigenvalue weighted by Gasteiger charge is -2.12. The highest BCUT2D eigenvalue weighted by Gasteiger charge is 2.19. The molecule has 2 aromatic carbocycles. The lowest BCUT2D eigenvalue weighted by Crippen LogP contribution is -2.24. The van der Waals surface area contributed by atoms with Gasteiger partial charge in [-0.05, 0) is 38.8 Å².